The summed E-state index contributed by atoms with van der Waals surface area (Å²) in [6.45, 7) is 6.32. The minimum Gasteiger partial charge on any atom is -0.396 e. The second-order valence-electron chi connectivity index (χ2n) is 10.2. The van der Waals surface area contributed by atoms with Crippen molar-refractivity contribution in [3.63, 3.8) is 0 Å². The lowest BCUT2D eigenvalue weighted by atomic mass is 10.1. The standard InChI is InChI=1S/C26H42N4O2/c1-29(2,17-9-21-31)19-15-27-23-11-5-7-13-25(23)28(26-14-8-6-12-24(26)27)16-20-30(3,4)18-10-22-32/h5-8,11-14,31-32H,9-10,15-22H2,1-4H3/q+2. The van der Waals surface area contributed by atoms with Crippen LogP contribution in [0.1, 0.15) is 12.8 Å². The third-order valence-corrected chi connectivity index (χ3v) is 6.63. The smallest absolute Gasteiger partial charge is 0.0964 e. The van der Waals surface area contributed by atoms with Crippen LogP contribution in [0.2, 0.25) is 0 Å². The van der Waals surface area contributed by atoms with E-state index >= 15 is 0 Å². The van der Waals surface area contributed by atoms with Crippen LogP contribution in [0.4, 0.5) is 22.7 Å². The van der Waals surface area contributed by atoms with E-state index in [1.54, 1.807) is 0 Å². The minimum absolute atomic E-state index is 0.249. The SMILES string of the molecule is C[N+](C)(CCCO)CCN1c2ccccc2N(CC[N+](C)(C)CCCO)c2ccccc21. The van der Waals surface area contributed by atoms with Crippen molar-refractivity contribution in [2.75, 3.05) is 90.5 Å². The Balaban J connectivity index is 1.86. The molecule has 1 heterocycles. The number of nitrogens with zero attached hydrogens (tertiary/aromatic N) is 4. The van der Waals surface area contributed by atoms with Gasteiger partial charge in [-0.1, -0.05) is 24.3 Å². The van der Waals surface area contributed by atoms with Crippen molar-refractivity contribution >= 4 is 22.7 Å². The number of aliphatic hydroxyl groups excluding tert-OH is 2. The van der Waals surface area contributed by atoms with Crippen molar-refractivity contribution in [2.24, 2.45) is 0 Å². The van der Waals surface area contributed by atoms with E-state index in [2.05, 4.69) is 86.5 Å². The summed E-state index contributed by atoms with van der Waals surface area (Å²) in [4.78, 5) is 4.93. The van der Waals surface area contributed by atoms with Gasteiger partial charge in [-0.25, -0.2) is 0 Å². The predicted octanol–water partition coefficient (Wildman–Crippen LogP) is 3.19. The van der Waals surface area contributed by atoms with Gasteiger partial charge in [-0.2, -0.15) is 0 Å². The number of aliphatic hydroxyl groups is 2. The Bertz CT molecular complexity index is 751. The van der Waals surface area contributed by atoms with Gasteiger partial charge in [0.15, 0.2) is 0 Å². The quantitative estimate of drug-likeness (QED) is 0.496. The van der Waals surface area contributed by atoms with Gasteiger partial charge in [-0.05, 0) is 24.3 Å². The molecular weight excluding hydrogens is 400 g/mol. The first-order valence-electron chi connectivity index (χ1n) is 11.9. The zero-order valence-electron chi connectivity index (χ0n) is 20.4. The number of benzene rings is 2. The maximum absolute atomic E-state index is 9.25. The van der Waals surface area contributed by atoms with Crippen LogP contribution in [0.25, 0.3) is 0 Å². The van der Waals surface area contributed by atoms with Gasteiger partial charge in [-0.3, -0.25) is 0 Å². The number of hydrogen-bond acceptors (Lipinski definition) is 4. The fraction of sp³-hybridized carbons (Fsp3) is 0.538. The highest BCUT2D eigenvalue weighted by Crippen LogP contribution is 2.47. The van der Waals surface area contributed by atoms with Gasteiger partial charge >= 0.3 is 0 Å². The van der Waals surface area contributed by atoms with Crippen molar-refractivity contribution in [3.05, 3.63) is 48.5 Å². The minimum atomic E-state index is 0.249. The molecule has 0 unspecified atom stereocenters. The molecule has 0 bridgehead atoms. The molecule has 0 fully saturated rings. The van der Waals surface area contributed by atoms with Crippen LogP contribution in [0, 0.1) is 0 Å². The van der Waals surface area contributed by atoms with Crippen LogP contribution in [0.15, 0.2) is 48.5 Å². The molecule has 2 aromatic rings. The lowest BCUT2D eigenvalue weighted by molar-refractivity contribution is -0.889. The molecule has 0 amide bonds. The van der Waals surface area contributed by atoms with Gasteiger partial charge in [0.1, 0.15) is 0 Å². The van der Waals surface area contributed by atoms with Gasteiger partial charge in [0.25, 0.3) is 0 Å². The molecule has 0 aliphatic carbocycles. The van der Waals surface area contributed by atoms with Gasteiger partial charge < -0.3 is 29.0 Å². The first-order chi connectivity index (χ1) is 15.3. The second kappa shape index (κ2) is 10.7. The Morgan fingerprint density at radius 3 is 1.16 bits per heavy atom. The molecule has 3 rings (SSSR count). The lowest BCUT2D eigenvalue weighted by Gasteiger charge is -2.42. The maximum atomic E-state index is 9.25. The summed E-state index contributed by atoms with van der Waals surface area (Å²) in [7, 11) is 8.98. The largest absolute Gasteiger partial charge is 0.396 e. The highest BCUT2D eigenvalue weighted by atomic mass is 16.3. The number of quaternary nitrogens is 2. The van der Waals surface area contributed by atoms with Gasteiger partial charge in [0, 0.05) is 26.1 Å². The third-order valence-electron chi connectivity index (χ3n) is 6.63. The molecule has 2 N–H and O–H groups in total. The van der Waals surface area contributed by atoms with Gasteiger partial charge in [0.05, 0.1) is 90.2 Å². The predicted molar refractivity (Wildman–Crippen MR) is 134 cm³/mol. The van der Waals surface area contributed by atoms with Crippen LogP contribution in [0.3, 0.4) is 0 Å². The summed E-state index contributed by atoms with van der Waals surface area (Å²) in [5.41, 5.74) is 5.03. The van der Waals surface area contributed by atoms with Crippen molar-refractivity contribution < 1.29 is 19.2 Å². The molecule has 0 spiro atoms. The number of anilines is 4. The van der Waals surface area contributed by atoms with Gasteiger partial charge in [-0.15, -0.1) is 0 Å². The van der Waals surface area contributed by atoms with Crippen molar-refractivity contribution in [2.45, 2.75) is 12.8 Å². The van der Waals surface area contributed by atoms with E-state index < -0.39 is 0 Å². The van der Waals surface area contributed by atoms with E-state index in [4.69, 9.17) is 0 Å². The van der Waals surface area contributed by atoms with Crippen LogP contribution < -0.4 is 9.80 Å². The Labute approximate surface area is 194 Å². The Kier molecular flexibility index (Phi) is 8.17. The molecule has 1 aliphatic heterocycles. The second-order valence-corrected chi connectivity index (χ2v) is 10.2. The zero-order chi connectivity index (χ0) is 23.2. The summed E-state index contributed by atoms with van der Waals surface area (Å²) >= 11 is 0. The summed E-state index contributed by atoms with van der Waals surface area (Å²) < 4.78 is 1.78. The number of likely N-dealkylation sites (N-methyl/N-ethyl adjacent to an activating group) is 2. The van der Waals surface area contributed by atoms with E-state index in [9.17, 15) is 10.2 Å². The van der Waals surface area contributed by atoms with E-state index in [0.717, 1.165) is 61.1 Å². The highest BCUT2D eigenvalue weighted by Gasteiger charge is 2.30. The third kappa shape index (κ3) is 6.01. The van der Waals surface area contributed by atoms with E-state index in [-0.39, 0.29) is 13.2 Å². The number of para-hydroxylation sites is 4. The first-order valence-corrected chi connectivity index (χ1v) is 11.9. The molecule has 1 aliphatic rings. The van der Waals surface area contributed by atoms with Crippen molar-refractivity contribution in [3.8, 4) is 0 Å². The molecule has 2 aromatic carbocycles. The topological polar surface area (TPSA) is 46.9 Å². The number of rotatable bonds is 12. The molecule has 32 heavy (non-hydrogen) atoms. The maximum Gasteiger partial charge on any atom is 0.0964 e. The molecule has 0 aromatic heterocycles. The normalized spacial score (nSPS) is 13.8. The van der Waals surface area contributed by atoms with Crippen molar-refractivity contribution in [1.29, 1.82) is 0 Å². The summed E-state index contributed by atoms with van der Waals surface area (Å²) in [6.07, 6.45) is 1.66. The summed E-state index contributed by atoms with van der Waals surface area (Å²) in [5, 5.41) is 18.5. The Morgan fingerprint density at radius 2 is 0.875 bits per heavy atom. The first kappa shape index (κ1) is 24.5. The molecule has 0 saturated heterocycles. The van der Waals surface area contributed by atoms with Crippen LogP contribution in [-0.4, -0.2) is 99.9 Å². The molecule has 0 saturated carbocycles. The summed E-state index contributed by atoms with van der Waals surface area (Å²) in [6, 6.07) is 17.5. The molecule has 0 radical (unpaired) electrons. The van der Waals surface area contributed by atoms with E-state index in [1.165, 1.54) is 22.7 Å². The zero-order valence-corrected chi connectivity index (χ0v) is 20.4. The number of fused-ring (bicyclic) bond motifs is 2. The van der Waals surface area contributed by atoms with Crippen molar-refractivity contribution in [1.82, 2.24) is 0 Å². The summed E-state index contributed by atoms with van der Waals surface area (Å²) in [5.74, 6) is 0. The van der Waals surface area contributed by atoms with E-state index in [1.807, 2.05) is 0 Å². The van der Waals surface area contributed by atoms with Crippen LogP contribution in [-0.2, 0) is 0 Å². The lowest BCUT2D eigenvalue weighted by Crippen LogP contribution is -2.47. The fourth-order valence-corrected chi connectivity index (χ4v) is 4.55. The average Bonchev–Trinajstić information content (AvgIpc) is 2.78. The van der Waals surface area contributed by atoms with Gasteiger partial charge in [0.2, 0.25) is 0 Å². The molecular formula is C26H42N4O2+2. The fourth-order valence-electron chi connectivity index (χ4n) is 4.55. The molecule has 6 nitrogen and oxygen atoms in total. The highest BCUT2D eigenvalue weighted by molar-refractivity contribution is 5.93. The average molecular weight is 443 g/mol. The number of hydrogen-bond donors (Lipinski definition) is 2. The van der Waals surface area contributed by atoms with Crippen LogP contribution >= 0.6 is 0 Å². The molecule has 0 atom stereocenters. The Morgan fingerprint density at radius 1 is 0.562 bits per heavy atom. The van der Waals surface area contributed by atoms with Crippen LogP contribution in [0.5, 0.6) is 0 Å². The molecule has 176 valence electrons. The Hall–Kier alpha value is -2.12. The monoisotopic (exact) mass is 442 g/mol. The molecule has 6 heteroatoms. The van der Waals surface area contributed by atoms with E-state index in [0.29, 0.717) is 0 Å².